The number of aryl methyl sites for hydroxylation is 2. The smallest absolute Gasteiger partial charge is 0.248 e. The highest BCUT2D eigenvalue weighted by atomic mass is 79.9. The number of aliphatic hydroxyl groups excluding tert-OH is 1. The van der Waals surface area contributed by atoms with Crippen LogP contribution in [0.3, 0.4) is 0 Å². The molecule has 3 unspecified atom stereocenters. The summed E-state index contributed by atoms with van der Waals surface area (Å²) in [5.74, 6) is -2.03. The predicted molar refractivity (Wildman–Crippen MR) is 154 cm³/mol. The van der Waals surface area contributed by atoms with Crippen molar-refractivity contribution in [3.8, 4) is 0 Å². The number of nitrogens with zero attached hydrogens (tertiary/aromatic N) is 1. The van der Waals surface area contributed by atoms with Crippen LogP contribution in [0, 0.1) is 31.6 Å². The lowest BCUT2D eigenvalue weighted by Gasteiger charge is -2.38. The van der Waals surface area contributed by atoms with Crippen molar-refractivity contribution in [2.45, 2.75) is 61.0 Å². The lowest BCUT2D eigenvalue weighted by Crippen LogP contribution is -2.56. The van der Waals surface area contributed by atoms with E-state index in [1.165, 1.54) is 0 Å². The molecule has 0 saturated carbocycles. The molecule has 2 aromatic carbocycles. The van der Waals surface area contributed by atoms with Crippen LogP contribution in [0.25, 0.3) is 0 Å². The van der Waals surface area contributed by atoms with Gasteiger partial charge in [-0.15, -0.1) is 11.8 Å². The van der Waals surface area contributed by atoms with Gasteiger partial charge in [0, 0.05) is 21.5 Å². The molecule has 9 heteroatoms. The summed E-state index contributed by atoms with van der Waals surface area (Å²) in [6.45, 7) is 7.52. The third kappa shape index (κ3) is 4.27. The molecule has 3 aliphatic heterocycles. The number of benzene rings is 2. The Labute approximate surface area is 236 Å². The second-order valence-corrected chi connectivity index (χ2v) is 13.7. The van der Waals surface area contributed by atoms with Gasteiger partial charge in [-0.05, 0) is 49.4 Å². The van der Waals surface area contributed by atoms with Crippen LogP contribution in [0.4, 0.5) is 11.4 Å². The molecular formula is C29H34BrN3O4S. The van der Waals surface area contributed by atoms with Gasteiger partial charge in [-0.3, -0.25) is 14.4 Å². The van der Waals surface area contributed by atoms with Crippen LogP contribution in [-0.2, 0) is 14.4 Å². The number of thioether (sulfide) groups is 1. The maximum absolute atomic E-state index is 14.3. The molecule has 2 bridgehead atoms. The lowest BCUT2D eigenvalue weighted by molar-refractivity contribution is -0.142. The molecule has 0 aromatic heterocycles. The molecular weight excluding hydrogens is 566 g/mol. The van der Waals surface area contributed by atoms with E-state index in [4.69, 9.17) is 0 Å². The Hall–Kier alpha value is -2.36. The van der Waals surface area contributed by atoms with Gasteiger partial charge >= 0.3 is 0 Å². The fraction of sp³-hybridized carbons (Fsp3) is 0.483. The van der Waals surface area contributed by atoms with E-state index >= 15 is 0 Å². The molecule has 2 aromatic rings. The standard InChI is InChI=1S/C29H34BrN3O4S/c1-15(2)20(14-34)33-25(27(36)32-23-16(3)9-8-10-17(23)4)29-13-19(30)24(38-29)21(22(29)28(33)37)26(35)31-18-11-6-5-7-12-18/h5-12,15,19-22,24-25,34H,13-14H2,1-4H3,(H,31,35)(H,32,36)/t19?,20-,21+,22-,24+,25?,29?/m0/s1. The molecule has 202 valence electrons. The molecule has 3 heterocycles. The number of halogens is 1. The van der Waals surface area contributed by atoms with E-state index in [0.29, 0.717) is 12.1 Å². The van der Waals surface area contributed by atoms with Crippen LogP contribution >= 0.6 is 27.7 Å². The van der Waals surface area contributed by atoms with Gasteiger partial charge in [0.05, 0.1) is 29.2 Å². The Morgan fingerprint density at radius 2 is 1.74 bits per heavy atom. The third-order valence-corrected chi connectivity index (χ3v) is 11.6. The number of amides is 3. The molecule has 7 nitrogen and oxygen atoms in total. The molecule has 38 heavy (non-hydrogen) atoms. The van der Waals surface area contributed by atoms with Crippen molar-refractivity contribution < 1.29 is 19.5 Å². The summed E-state index contributed by atoms with van der Waals surface area (Å²) in [5, 5.41) is 16.4. The van der Waals surface area contributed by atoms with E-state index in [9.17, 15) is 19.5 Å². The second-order valence-electron chi connectivity index (χ2n) is 11.0. The summed E-state index contributed by atoms with van der Waals surface area (Å²) in [6.07, 6.45) is 0.589. The van der Waals surface area contributed by atoms with Crippen molar-refractivity contribution in [2.24, 2.45) is 17.8 Å². The van der Waals surface area contributed by atoms with Crippen LogP contribution in [0.15, 0.2) is 48.5 Å². The first-order valence-electron chi connectivity index (χ1n) is 13.1. The van der Waals surface area contributed by atoms with Crippen LogP contribution in [0.2, 0.25) is 0 Å². The van der Waals surface area contributed by atoms with Gasteiger partial charge in [0.25, 0.3) is 0 Å². The number of rotatable bonds is 7. The van der Waals surface area contributed by atoms with Crippen LogP contribution in [0.1, 0.15) is 31.4 Å². The van der Waals surface area contributed by atoms with Gasteiger partial charge in [-0.2, -0.15) is 0 Å². The van der Waals surface area contributed by atoms with Crippen molar-refractivity contribution in [1.82, 2.24) is 4.90 Å². The van der Waals surface area contributed by atoms with Gasteiger partial charge in [-0.25, -0.2) is 0 Å². The fourth-order valence-electron chi connectivity index (χ4n) is 6.59. The molecule has 0 aliphatic carbocycles. The first kappa shape index (κ1) is 27.2. The van der Waals surface area contributed by atoms with E-state index in [1.807, 2.05) is 76.2 Å². The molecule has 1 spiro atoms. The minimum atomic E-state index is -0.817. The topological polar surface area (TPSA) is 98.7 Å². The summed E-state index contributed by atoms with van der Waals surface area (Å²) < 4.78 is -0.780. The number of hydrogen-bond donors (Lipinski definition) is 3. The number of fused-ring (bicyclic) bond motifs is 1. The number of carbonyl (C=O) groups is 3. The molecule has 7 atom stereocenters. The second kappa shape index (κ2) is 10.3. The molecule has 3 amide bonds. The zero-order valence-electron chi connectivity index (χ0n) is 22.0. The number of para-hydroxylation sites is 2. The number of likely N-dealkylation sites (tertiary alicyclic amines) is 1. The zero-order chi connectivity index (χ0) is 27.4. The Morgan fingerprint density at radius 3 is 2.34 bits per heavy atom. The van der Waals surface area contributed by atoms with Crippen molar-refractivity contribution in [3.63, 3.8) is 0 Å². The Balaban J connectivity index is 1.56. The number of anilines is 2. The number of carbonyl (C=O) groups excluding carboxylic acids is 3. The van der Waals surface area contributed by atoms with E-state index < -0.39 is 28.7 Å². The minimum absolute atomic E-state index is 0.0230. The predicted octanol–water partition coefficient (Wildman–Crippen LogP) is 4.36. The quantitative estimate of drug-likeness (QED) is 0.411. The average molecular weight is 601 g/mol. The molecule has 3 fully saturated rings. The number of nitrogens with one attached hydrogen (secondary N) is 2. The first-order valence-corrected chi connectivity index (χ1v) is 14.9. The summed E-state index contributed by atoms with van der Waals surface area (Å²) in [4.78, 5) is 43.8. The van der Waals surface area contributed by atoms with Gasteiger partial charge in [-0.1, -0.05) is 66.2 Å². The monoisotopic (exact) mass is 599 g/mol. The molecule has 3 N–H and O–H groups in total. The number of alkyl halides is 1. The third-order valence-electron chi connectivity index (χ3n) is 8.36. The number of hydrogen-bond acceptors (Lipinski definition) is 5. The summed E-state index contributed by atoms with van der Waals surface area (Å²) in [6, 6.07) is 13.7. The lowest BCUT2D eigenvalue weighted by atomic mass is 9.70. The van der Waals surface area contributed by atoms with Gasteiger partial charge in [0.15, 0.2) is 0 Å². The Kier molecular flexibility index (Phi) is 7.39. The van der Waals surface area contributed by atoms with Crippen molar-refractivity contribution >= 4 is 56.8 Å². The van der Waals surface area contributed by atoms with Gasteiger partial charge in [0.2, 0.25) is 17.7 Å². The zero-order valence-corrected chi connectivity index (χ0v) is 24.4. The maximum Gasteiger partial charge on any atom is 0.248 e. The highest BCUT2D eigenvalue weighted by Crippen LogP contribution is 2.68. The van der Waals surface area contributed by atoms with E-state index in [-0.39, 0.29) is 40.3 Å². The van der Waals surface area contributed by atoms with Crippen LogP contribution < -0.4 is 10.6 Å². The van der Waals surface area contributed by atoms with E-state index in [1.54, 1.807) is 16.7 Å². The summed E-state index contributed by atoms with van der Waals surface area (Å²) in [7, 11) is 0. The van der Waals surface area contributed by atoms with Crippen LogP contribution in [0.5, 0.6) is 0 Å². The summed E-state index contributed by atoms with van der Waals surface area (Å²) >= 11 is 5.39. The average Bonchev–Trinajstić information content (AvgIpc) is 3.46. The van der Waals surface area contributed by atoms with Crippen molar-refractivity contribution in [2.75, 3.05) is 17.2 Å². The highest BCUT2D eigenvalue weighted by Gasteiger charge is 2.76. The molecule has 3 saturated heterocycles. The SMILES string of the molecule is Cc1cccc(C)c1NC(=O)C1N([C@@H](CO)C(C)C)C(=O)[C@@H]2[C@@H](C(=O)Nc3ccccc3)[C@@H]3SC12CC3Br. The normalized spacial score (nSPS) is 30.4. The van der Waals surface area contributed by atoms with E-state index in [0.717, 1.165) is 16.8 Å². The Bertz CT molecular complexity index is 1240. The fourth-order valence-corrected chi connectivity index (χ4v) is 10.2. The van der Waals surface area contributed by atoms with Gasteiger partial charge < -0.3 is 20.6 Å². The molecule has 5 rings (SSSR count). The van der Waals surface area contributed by atoms with Crippen molar-refractivity contribution in [3.05, 3.63) is 59.7 Å². The number of aliphatic hydroxyl groups is 1. The van der Waals surface area contributed by atoms with Crippen molar-refractivity contribution in [1.29, 1.82) is 0 Å². The maximum atomic E-state index is 14.3. The summed E-state index contributed by atoms with van der Waals surface area (Å²) in [5.41, 5.74) is 3.29. The van der Waals surface area contributed by atoms with Crippen LogP contribution in [-0.4, -0.2) is 61.2 Å². The first-order chi connectivity index (χ1) is 18.1. The molecule has 3 aliphatic rings. The van der Waals surface area contributed by atoms with Gasteiger partial charge in [0.1, 0.15) is 6.04 Å². The minimum Gasteiger partial charge on any atom is -0.394 e. The van der Waals surface area contributed by atoms with E-state index in [2.05, 4.69) is 26.6 Å². The largest absolute Gasteiger partial charge is 0.394 e. The Morgan fingerprint density at radius 1 is 1.08 bits per heavy atom. The molecule has 0 radical (unpaired) electrons. The highest BCUT2D eigenvalue weighted by molar-refractivity contribution is 9.09.